The van der Waals surface area contributed by atoms with Crippen LogP contribution in [0.5, 0.6) is 0 Å². The summed E-state index contributed by atoms with van der Waals surface area (Å²) in [5.41, 5.74) is 13.1. The Labute approximate surface area is 275 Å². The molecule has 0 spiro atoms. The Balaban J connectivity index is 1.34. The summed E-state index contributed by atoms with van der Waals surface area (Å²) in [5.74, 6) is 0. The standard InChI is InChI=1S/C44H25BN2O/c1-2-12-28-24-29(22-20-26(28)10-1)46-37-25-39-40(33-15-6-8-19-38(33)48-39)41-34-17-9-16-32-31-14-5-7-18-36(31)47(43(32)34)45(42(37)41)35-23-21-27-11-3-4-13-30(27)44(35)46/h1-25H. The maximum absolute atomic E-state index is 6.76. The first kappa shape index (κ1) is 24.9. The van der Waals surface area contributed by atoms with Crippen molar-refractivity contribution in [2.24, 2.45) is 0 Å². The Morgan fingerprint density at radius 1 is 0.521 bits per heavy atom. The van der Waals surface area contributed by atoms with E-state index in [0.717, 1.165) is 22.2 Å². The van der Waals surface area contributed by atoms with Gasteiger partial charge >= 0.3 is 6.85 Å². The van der Waals surface area contributed by atoms with Crippen LogP contribution in [0, 0.1) is 0 Å². The van der Waals surface area contributed by atoms with Crippen LogP contribution in [0.3, 0.4) is 0 Å². The number of benzene rings is 8. The molecule has 220 valence electrons. The largest absolute Gasteiger partial charge is 0.456 e. The van der Waals surface area contributed by atoms with Gasteiger partial charge in [-0.15, -0.1) is 0 Å². The first-order valence-corrected chi connectivity index (χ1v) is 16.6. The highest BCUT2D eigenvalue weighted by Gasteiger charge is 2.44. The highest BCUT2D eigenvalue weighted by Crippen LogP contribution is 2.50. The molecule has 2 aliphatic heterocycles. The van der Waals surface area contributed by atoms with E-state index >= 15 is 0 Å². The number of rotatable bonds is 1. The Bertz CT molecular complexity index is 3040. The summed E-state index contributed by atoms with van der Waals surface area (Å²) in [6.45, 7) is -0.0262. The third-order valence-electron chi connectivity index (χ3n) is 10.9. The van der Waals surface area contributed by atoms with Crippen molar-refractivity contribution in [3.8, 4) is 11.1 Å². The van der Waals surface area contributed by atoms with Crippen LogP contribution in [0.4, 0.5) is 17.1 Å². The van der Waals surface area contributed by atoms with Crippen LogP contribution in [-0.4, -0.2) is 11.3 Å². The summed E-state index contributed by atoms with van der Waals surface area (Å²) >= 11 is 0. The van der Waals surface area contributed by atoms with Crippen LogP contribution in [0.15, 0.2) is 156 Å². The number of furan rings is 1. The summed E-state index contributed by atoms with van der Waals surface area (Å²) in [6.07, 6.45) is 0. The molecule has 4 heteroatoms. The molecule has 12 rings (SSSR count). The minimum Gasteiger partial charge on any atom is -0.456 e. The second-order valence-electron chi connectivity index (χ2n) is 13.2. The van der Waals surface area contributed by atoms with Crippen LogP contribution >= 0.6 is 0 Å². The van der Waals surface area contributed by atoms with Crippen molar-refractivity contribution in [2.75, 3.05) is 4.90 Å². The van der Waals surface area contributed by atoms with Crippen LogP contribution in [0.25, 0.3) is 76.4 Å². The van der Waals surface area contributed by atoms with E-state index in [2.05, 4.69) is 161 Å². The smallest absolute Gasteiger partial charge is 0.333 e. The minimum atomic E-state index is -0.0262. The second kappa shape index (κ2) is 8.75. The van der Waals surface area contributed by atoms with Crippen molar-refractivity contribution in [1.82, 2.24) is 4.48 Å². The van der Waals surface area contributed by atoms with Crippen LogP contribution in [0.1, 0.15) is 0 Å². The molecule has 0 saturated heterocycles. The summed E-state index contributed by atoms with van der Waals surface area (Å²) in [6, 6.07) is 55.7. The molecule has 0 radical (unpaired) electrons. The monoisotopic (exact) mass is 608 g/mol. The van der Waals surface area contributed by atoms with Crippen molar-refractivity contribution >= 4 is 100 Å². The van der Waals surface area contributed by atoms with Crippen molar-refractivity contribution in [3.63, 3.8) is 0 Å². The van der Waals surface area contributed by atoms with Crippen LogP contribution in [-0.2, 0) is 0 Å². The van der Waals surface area contributed by atoms with Gasteiger partial charge in [-0.05, 0) is 56.9 Å². The SMILES string of the molecule is c1ccc2cc(N3c4cc5oc6ccccc6c5c5c4B(c4ccc6ccccc6c43)n3c4ccccc4c4cccc-5c43)ccc2c1. The second-order valence-corrected chi connectivity index (χ2v) is 13.2. The first-order valence-electron chi connectivity index (χ1n) is 16.6. The highest BCUT2D eigenvalue weighted by molar-refractivity contribution is 6.90. The molecule has 0 aliphatic carbocycles. The molecule has 0 bridgehead atoms. The molecule has 0 fully saturated rings. The zero-order valence-corrected chi connectivity index (χ0v) is 25.8. The van der Waals surface area contributed by atoms with Gasteiger partial charge < -0.3 is 13.8 Å². The summed E-state index contributed by atoms with van der Waals surface area (Å²) in [5, 5.41) is 9.87. The van der Waals surface area contributed by atoms with Crippen molar-refractivity contribution in [2.45, 2.75) is 0 Å². The Morgan fingerprint density at radius 3 is 2.17 bits per heavy atom. The summed E-state index contributed by atoms with van der Waals surface area (Å²) in [4.78, 5) is 2.52. The minimum absolute atomic E-state index is 0.0262. The lowest BCUT2D eigenvalue weighted by atomic mass is 9.44. The highest BCUT2D eigenvalue weighted by atomic mass is 16.3. The van der Waals surface area contributed by atoms with E-state index in [-0.39, 0.29) is 6.85 Å². The summed E-state index contributed by atoms with van der Waals surface area (Å²) in [7, 11) is 0. The predicted molar refractivity (Wildman–Crippen MR) is 202 cm³/mol. The van der Waals surface area contributed by atoms with Gasteiger partial charge in [0.05, 0.1) is 5.69 Å². The van der Waals surface area contributed by atoms with E-state index in [1.807, 2.05) is 0 Å². The molecule has 3 nitrogen and oxygen atoms in total. The molecule has 0 N–H and O–H groups in total. The van der Waals surface area contributed by atoms with E-state index < -0.39 is 0 Å². The Morgan fingerprint density at radius 2 is 1.25 bits per heavy atom. The number of aromatic nitrogens is 1. The quantitative estimate of drug-likeness (QED) is 0.173. The zero-order valence-electron chi connectivity index (χ0n) is 25.8. The number of fused-ring (bicyclic) bond motifs is 14. The van der Waals surface area contributed by atoms with Gasteiger partial charge in [-0.3, -0.25) is 0 Å². The van der Waals surface area contributed by atoms with E-state index in [1.165, 1.54) is 82.2 Å². The fourth-order valence-electron chi connectivity index (χ4n) is 9.02. The van der Waals surface area contributed by atoms with Gasteiger partial charge in [0.1, 0.15) is 11.2 Å². The maximum Gasteiger partial charge on any atom is 0.333 e. The number of hydrogen-bond donors (Lipinski definition) is 0. The normalized spacial score (nSPS) is 13.3. The molecular weight excluding hydrogens is 583 g/mol. The maximum atomic E-state index is 6.76. The van der Waals surface area contributed by atoms with Crippen molar-refractivity contribution in [1.29, 1.82) is 0 Å². The molecule has 0 saturated carbocycles. The molecule has 0 unspecified atom stereocenters. The van der Waals surface area contributed by atoms with Gasteiger partial charge in [-0.1, -0.05) is 121 Å². The molecule has 0 atom stereocenters. The van der Waals surface area contributed by atoms with Gasteiger partial charge in [0.2, 0.25) is 0 Å². The van der Waals surface area contributed by atoms with E-state index in [4.69, 9.17) is 4.42 Å². The number of hydrogen-bond acceptors (Lipinski definition) is 2. The molecule has 10 aromatic rings. The lowest BCUT2D eigenvalue weighted by Crippen LogP contribution is -2.56. The molecular formula is C44H25BN2O. The fraction of sp³-hybridized carbons (Fsp3) is 0. The van der Waals surface area contributed by atoms with Gasteiger partial charge in [0, 0.05) is 61.0 Å². The molecule has 4 heterocycles. The molecule has 2 aromatic heterocycles. The topological polar surface area (TPSA) is 21.3 Å². The average molecular weight is 609 g/mol. The predicted octanol–water partition coefficient (Wildman–Crippen LogP) is 10.4. The zero-order chi connectivity index (χ0) is 31.1. The first-order chi connectivity index (χ1) is 23.8. The van der Waals surface area contributed by atoms with Crippen molar-refractivity contribution in [3.05, 3.63) is 152 Å². The van der Waals surface area contributed by atoms with E-state index in [1.54, 1.807) is 0 Å². The van der Waals surface area contributed by atoms with Gasteiger partial charge in [-0.2, -0.15) is 0 Å². The lowest BCUT2D eigenvalue weighted by molar-refractivity contribution is 0.669. The van der Waals surface area contributed by atoms with Crippen molar-refractivity contribution < 1.29 is 4.42 Å². The Hall–Kier alpha value is -6.26. The van der Waals surface area contributed by atoms with Gasteiger partial charge in [0.25, 0.3) is 0 Å². The Kier molecular flexibility index (Phi) is 4.54. The number of nitrogens with zero attached hydrogens (tertiary/aromatic N) is 2. The van der Waals surface area contributed by atoms with Crippen LogP contribution < -0.4 is 15.8 Å². The third kappa shape index (κ3) is 2.97. The molecule has 48 heavy (non-hydrogen) atoms. The van der Waals surface area contributed by atoms with Gasteiger partial charge in [-0.25, -0.2) is 0 Å². The van der Waals surface area contributed by atoms with Gasteiger partial charge in [0.15, 0.2) is 0 Å². The molecule has 0 amide bonds. The summed E-state index contributed by atoms with van der Waals surface area (Å²) < 4.78 is 9.39. The average Bonchev–Trinajstić information content (AvgIpc) is 3.69. The van der Waals surface area contributed by atoms with E-state index in [9.17, 15) is 0 Å². The van der Waals surface area contributed by atoms with Crippen LogP contribution in [0.2, 0.25) is 0 Å². The number of anilines is 3. The third-order valence-corrected chi connectivity index (χ3v) is 10.9. The molecule has 2 aliphatic rings. The fourth-order valence-corrected chi connectivity index (χ4v) is 9.02. The molecule has 8 aromatic carbocycles. The number of para-hydroxylation sites is 3. The lowest BCUT2D eigenvalue weighted by Gasteiger charge is -2.41. The van der Waals surface area contributed by atoms with E-state index in [0.29, 0.717) is 0 Å².